The fraction of sp³-hybridized carbons (Fsp3) is 0.583. The number of nitrogens with zero attached hydrogens (tertiary/aromatic N) is 1. The first kappa shape index (κ1) is 13.1. The summed E-state index contributed by atoms with van der Waals surface area (Å²) in [6.45, 7) is 1.60. The molecule has 7 heteroatoms. The number of sulfonamides is 1. The maximum Gasteiger partial charge on any atom is 0.269 e. The predicted molar refractivity (Wildman–Crippen MR) is 70.7 cm³/mol. The number of aromatic nitrogens is 1. The summed E-state index contributed by atoms with van der Waals surface area (Å²) in [5.74, 6) is 0.694. The van der Waals surface area contributed by atoms with E-state index in [1.807, 2.05) is 0 Å². The first-order chi connectivity index (χ1) is 8.74. The summed E-state index contributed by atoms with van der Waals surface area (Å²) in [5, 5.41) is -0.646. The number of hydrogen-bond acceptors (Lipinski definition) is 3. The highest BCUT2D eigenvalue weighted by Crippen LogP contribution is 2.57. The first-order valence-corrected chi connectivity index (χ1v) is 8.00. The summed E-state index contributed by atoms with van der Waals surface area (Å²) < 4.78 is 29.0. The molecule has 19 heavy (non-hydrogen) atoms. The first-order valence-electron chi connectivity index (χ1n) is 6.14. The third kappa shape index (κ3) is 1.85. The molecule has 0 aromatic carbocycles. The van der Waals surface area contributed by atoms with Crippen molar-refractivity contribution in [2.75, 3.05) is 0 Å². The normalized spacial score (nSPS) is 28.7. The van der Waals surface area contributed by atoms with E-state index in [1.54, 1.807) is 14.0 Å². The van der Waals surface area contributed by atoms with E-state index in [0.29, 0.717) is 11.5 Å². The number of nitrogens with one attached hydrogen (secondary N) is 1. The van der Waals surface area contributed by atoms with Crippen LogP contribution in [-0.4, -0.2) is 23.8 Å². The van der Waals surface area contributed by atoms with Gasteiger partial charge in [-0.1, -0.05) is 0 Å². The van der Waals surface area contributed by atoms with Crippen LogP contribution in [0.2, 0.25) is 0 Å². The van der Waals surface area contributed by atoms with Crippen LogP contribution in [0.25, 0.3) is 0 Å². The van der Waals surface area contributed by atoms with Crippen LogP contribution in [-0.2, 0) is 17.1 Å². The Hall–Kier alpha value is -0.850. The molecule has 1 N–H and O–H groups in total. The van der Waals surface area contributed by atoms with Crippen LogP contribution in [0.15, 0.2) is 11.1 Å². The van der Waals surface area contributed by atoms with Gasteiger partial charge in [-0.3, -0.25) is 4.79 Å². The largest absolute Gasteiger partial charge is 0.345 e. The molecule has 0 atom stereocenters. The van der Waals surface area contributed by atoms with Gasteiger partial charge in [0.15, 0.2) is 0 Å². The van der Waals surface area contributed by atoms with Crippen molar-refractivity contribution in [1.82, 2.24) is 9.29 Å². The van der Waals surface area contributed by atoms with Gasteiger partial charge in [-0.05, 0) is 49.3 Å². The van der Waals surface area contributed by atoms with Gasteiger partial charge in [0.2, 0.25) is 10.0 Å². The molecule has 3 fully saturated rings. The minimum absolute atomic E-state index is 0.142. The molecule has 3 saturated carbocycles. The Labute approximate surface area is 117 Å². The van der Waals surface area contributed by atoms with Crippen LogP contribution >= 0.6 is 11.6 Å². The van der Waals surface area contributed by atoms with Crippen molar-refractivity contribution < 1.29 is 13.2 Å². The zero-order valence-corrected chi connectivity index (χ0v) is 12.3. The van der Waals surface area contributed by atoms with Crippen LogP contribution in [0.5, 0.6) is 0 Å². The maximum atomic E-state index is 12.4. The van der Waals surface area contributed by atoms with E-state index in [4.69, 9.17) is 11.6 Å². The van der Waals surface area contributed by atoms with Crippen molar-refractivity contribution in [1.29, 1.82) is 0 Å². The Morgan fingerprint density at radius 3 is 2.42 bits per heavy atom. The lowest BCUT2D eigenvalue weighted by atomic mass is 9.50. The van der Waals surface area contributed by atoms with Crippen molar-refractivity contribution in [3.63, 3.8) is 0 Å². The average Bonchev–Trinajstić information content (AvgIpc) is 2.47. The summed E-state index contributed by atoms with van der Waals surface area (Å²) in [4.78, 5) is 11.5. The molecule has 5 nitrogen and oxygen atoms in total. The molecule has 2 bridgehead atoms. The van der Waals surface area contributed by atoms with Crippen LogP contribution in [0.3, 0.4) is 0 Å². The molecule has 0 unspecified atom stereocenters. The molecular weight excluding hydrogens is 288 g/mol. The number of halogens is 1. The van der Waals surface area contributed by atoms with E-state index in [2.05, 4.69) is 4.72 Å². The van der Waals surface area contributed by atoms with Crippen molar-refractivity contribution in [3.8, 4) is 0 Å². The Morgan fingerprint density at radius 2 is 2.05 bits per heavy atom. The molecule has 0 radical (unpaired) electrons. The average molecular weight is 303 g/mol. The standard InChI is InChI=1S/C12H15ClN2O3S/c1-7-9(6-15(2)10(7)11(13)16)19(17,18)14-12-3-8(4-12)5-12/h6,8,14H,3-5H2,1-2H3. The van der Waals surface area contributed by atoms with Gasteiger partial charge in [0, 0.05) is 18.8 Å². The van der Waals surface area contributed by atoms with Crippen molar-refractivity contribution >= 4 is 26.9 Å². The SMILES string of the molecule is Cc1c(S(=O)(=O)NC23CC(C2)C3)cn(C)c1C(=O)Cl. The molecule has 0 amide bonds. The Balaban J connectivity index is 1.97. The van der Waals surface area contributed by atoms with Crippen LogP contribution in [0, 0.1) is 12.8 Å². The van der Waals surface area contributed by atoms with Gasteiger partial charge in [0.25, 0.3) is 5.24 Å². The molecule has 1 aromatic heterocycles. The highest BCUT2D eigenvalue weighted by Gasteiger charge is 2.58. The zero-order valence-electron chi connectivity index (χ0n) is 10.7. The number of carbonyl (C=O) groups excluding carboxylic acids is 1. The quantitative estimate of drug-likeness (QED) is 0.858. The van der Waals surface area contributed by atoms with Gasteiger partial charge < -0.3 is 4.57 Å². The maximum absolute atomic E-state index is 12.4. The third-order valence-corrected chi connectivity index (χ3v) is 6.12. The van der Waals surface area contributed by atoms with E-state index in [9.17, 15) is 13.2 Å². The second kappa shape index (κ2) is 3.84. The molecule has 1 aromatic rings. The molecule has 0 spiro atoms. The molecule has 0 aliphatic heterocycles. The van der Waals surface area contributed by atoms with Gasteiger partial charge in [0.1, 0.15) is 10.6 Å². The lowest BCUT2D eigenvalue weighted by Gasteiger charge is -2.61. The highest BCUT2D eigenvalue weighted by atomic mass is 35.5. The Kier molecular flexibility index (Phi) is 2.65. The molecular formula is C12H15ClN2O3S. The summed E-state index contributed by atoms with van der Waals surface area (Å²) in [6, 6.07) is 0. The molecule has 0 saturated heterocycles. The molecule has 3 aliphatic carbocycles. The van der Waals surface area contributed by atoms with E-state index in [1.165, 1.54) is 10.8 Å². The van der Waals surface area contributed by atoms with Gasteiger partial charge in [0.05, 0.1) is 0 Å². The number of hydrogen-bond donors (Lipinski definition) is 1. The van der Waals surface area contributed by atoms with Crippen molar-refractivity contribution in [2.24, 2.45) is 13.0 Å². The van der Waals surface area contributed by atoms with Gasteiger partial charge in [-0.15, -0.1) is 0 Å². The minimum Gasteiger partial charge on any atom is -0.345 e. The number of aryl methyl sites for hydroxylation is 1. The zero-order chi connectivity index (χ0) is 14.0. The molecule has 1 heterocycles. The predicted octanol–water partition coefficient (Wildman–Crippen LogP) is 1.54. The lowest BCUT2D eigenvalue weighted by Crippen LogP contribution is -2.67. The number of rotatable bonds is 4. The second-order valence-electron chi connectivity index (χ2n) is 5.72. The van der Waals surface area contributed by atoms with Gasteiger partial charge >= 0.3 is 0 Å². The summed E-state index contributed by atoms with van der Waals surface area (Å²) in [6.07, 6.45) is 4.23. The second-order valence-corrected chi connectivity index (χ2v) is 7.71. The monoisotopic (exact) mass is 302 g/mol. The summed E-state index contributed by atoms with van der Waals surface area (Å²) in [7, 11) is -1.97. The summed E-state index contributed by atoms with van der Waals surface area (Å²) in [5.41, 5.74) is 0.401. The number of carbonyl (C=O) groups is 1. The van der Waals surface area contributed by atoms with Crippen LogP contribution in [0.1, 0.15) is 35.3 Å². The van der Waals surface area contributed by atoms with E-state index in [-0.39, 0.29) is 16.1 Å². The fourth-order valence-electron chi connectivity index (χ4n) is 3.22. The fourth-order valence-corrected chi connectivity index (χ4v) is 5.22. The lowest BCUT2D eigenvalue weighted by molar-refractivity contribution is -0.0317. The van der Waals surface area contributed by atoms with E-state index in [0.717, 1.165) is 19.3 Å². The van der Waals surface area contributed by atoms with Crippen molar-refractivity contribution in [3.05, 3.63) is 17.5 Å². The Morgan fingerprint density at radius 1 is 1.47 bits per heavy atom. The van der Waals surface area contributed by atoms with Crippen LogP contribution in [0.4, 0.5) is 0 Å². The summed E-state index contributed by atoms with van der Waals surface area (Å²) >= 11 is 5.48. The van der Waals surface area contributed by atoms with Gasteiger partial charge in [-0.2, -0.15) is 0 Å². The van der Waals surface area contributed by atoms with E-state index < -0.39 is 15.3 Å². The van der Waals surface area contributed by atoms with E-state index >= 15 is 0 Å². The smallest absolute Gasteiger partial charge is 0.269 e. The third-order valence-electron chi connectivity index (χ3n) is 4.25. The highest BCUT2D eigenvalue weighted by molar-refractivity contribution is 7.89. The minimum atomic E-state index is -3.59. The molecule has 104 valence electrons. The topological polar surface area (TPSA) is 68.2 Å². The van der Waals surface area contributed by atoms with Crippen LogP contribution < -0.4 is 4.72 Å². The van der Waals surface area contributed by atoms with Crippen molar-refractivity contribution in [2.45, 2.75) is 36.6 Å². The molecule has 4 rings (SSSR count). The Bertz CT molecular complexity index is 660. The molecule has 3 aliphatic rings. The van der Waals surface area contributed by atoms with Gasteiger partial charge in [-0.25, -0.2) is 13.1 Å².